The first-order valence-electron chi connectivity index (χ1n) is 5.01. The summed E-state index contributed by atoms with van der Waals surface area (Å²) < 4.78 is 5.62. The summed E-state index contributed by atoms with van der Waals surface area (Å²) in [5, 5.41) is 0. The van der Waals surface area contributed by atoms with Gasteiger partial charge in [-0.25, -0.2) is 0 Å². The summed E-state index contributed by atoms with van der Waals surface area (Å²) in [4.78, 5) is 12.4. The highest BCUT2D eigenvalue weighted by molar-refractivity contribution is 7.98. The summed E-state index contributed by atoms with van der Waals surface area (Å²) in [6, 6.07) is 7.76. The second-order valence-corrected chi connectivity index (χ2v) is 4.08. The Balaban J connectivity index is 2.75. The van der Waals surface area contributed by atoms with E-state index in [1.807, 2.05) is 37.4 Å². The van der Waals surface area contributed by atoms with Gasteiger partial charge in [-0.15, -0.1) is 11.8 Å². The van der Waals surface area contributed by atoms with Crippen LogP contribution in [0.3, 0.4) is 0 Å². The van der Waals surface area contributed by atoms with Crippen LogP contribution in [0.1, 0.15) is 20.3 Å². The number of rotatable bonds is 5. The van der Waals surface area contributed by atoms with Gasteiger partial charge in [-0.2, -0.15) is 0 Å². The van der Waals surface area contributed by atoms with Crippen molar-refractivity contribution in [2.24, 2.45) is 0 Å². The van der Waals surface area contributed by atoms with Gasteiger partial charge in [0.1, 0.15) is 5.75 Å². The van der Waals surface area contributed by atoms with E-state index in [0.717, 1.165) is 10.6 Å². The van der Waals surface area contributed by atoms with E-state index in [0.29, 0.717) is 6.42 Å². The van der Waals surface area contributed by atoms with Gasteiger partial charge >= 0.3 is 0 Å². The van der Waals surface area contributed by atoms with Crippen molar-refractivity contribution in [3.8, 4) is 5.75 Å². The quantitative estimate of drug-likeness (QED) is 0.719. The maximum Gasteiger partial charge on any atom is 0.172 e. The lowest BCUT2D eigenvalue weighted by Crippen LogP contribution is -2.22. The van der Waals surface area contributed by atoms with Crippen molar-refractivity contribution in [1.29, 1.82) is 0 Å². The Morgan fingerprint density at radius 1 is 1.47 bits per heavy atom. The molecule has 0 N–H and O–H groups in total. The lowest BCUT2D eigenvalue weighted by molar-refractivity contribution is -0.124. The average Bonchev–Trinajstić information content (AvgIpc) is 2.28. The van der Waals surface area contributed by atoms with Crippen molar-refractivity contribution in [1.82, 2.24) is 0 Å². The Morgan fingerprint density at radius 3 is 2.73 bits per heavy atom. The molecule has 0 radical (unpaired) electrons. The van der Waals surface area contributed by atoms with Gasteiger partial charge < -0.3 is 4.74 Å². The summed E-state index contributed by atoms with van der Waals surface area (Å²) in [7, 11) is 0. The highest BCUT2D eigenvalue weighted by Crippen LogP contribution is 2.27. The maximum absolute atomic E-state index is 11.4. The molecule has 15 heavy (non-hydrogen) atoms. The Morgan fingerprint density at radius 2 is 2.13 bits per heavy atom. The summed E-state index contributed by atoms with van der Waals surface area (Å²) in [5.41, 5.74) is 0. The van der Waals surface area contributed by atoms with E-state index in [1.54, 1.807) is 18.7 Å². The van der Waals surface area contributed by atoms with Crippen LogP contribution in [-0.4, -0.2) is 18.1 Å². The molecular weight excluding hydrogens is 208 g/mol. The van der Waals surface area contributed by atoms with Crippen LogP contribution in [0.25, 0.3) is 0 Å². The number of hydrogen-bond acceptors (Lipinski definition) is 3. The summed E-state index contributed by atoms with van der Waals surface area (Å²) in [6.45, 7) is 3.64. The second kappa shape index (κ2) is 5.81. The number of carbonyl (C=O) groups excluding carboxylic acids is 1. The zero-order valence-corrected chi connectivity index (χ0v) is 10.1. The van der Waals surface area contributed by atoms with Crippen LogP contribution < -0.4 is 4.74 Å². The predicted molar refractivity (Wildman–Crippen MR) is 63.6 cm³/mol. The van der Waals surface area contributed by atoms with Gasteiger partial charge in [0.25, 0.3) is 0 Å². The molecule has 0 spiro atoms. The number of Topliss-reactive ketones (excluding diaryl/α,β-unsaturated/α-hetero) is 1. The van der Waals surface area contributed by atoms with Gasteiger partial charge in [-0.3, -0.25) is 4.79 Å². The number of para-hydroxylation sites is 1. The lowest BCUT2D eigenvalue weighted by atomic mass is 10.2. The van der Waals surface area contributed by atoms with Crippen molar-refractivity contribution in [3.05, 3.63) is 24.3 Å². The van der Waals surface area contributed by atoms with Gasteiger partial charge in [0.15, 0.2) is 11.9 Å². The average molecular weight is 224 g/mol. The molecule has 1 unspecified atom stereocenters. The topological polar surface area (TPSA) is 26.3 Å². The molecule has 1 rings (SSSR count). The van der Waals surface area contributed by atoms with Crippen LogP contribution >= 0.6 is 11.8 Å². The molecule has 0 bridgehead atoms. The Kier molecular flexibility index (Phi) is 4.69. The second-order valence-electron chi connectivity index (χ2n) is 3.23. The molecule has 0 heterocycles. The summed E-state index contributed by atoms with van der Waals surface area (Å²) in [6.07, 6.45) is 2.15. The molecule has 0 fully saturated rings. The number of ether oxygens (including phenoxy) is 1. The van der Waals surface area contributed by atoms with E-state index < -0.39 is 0 Å². The zero-order valence-electron chi connectivity index (χ0n) is 9.32. The number of ketones is 1. The molecule has 0 saturated heterocycles. The minimum atomic E-state index is -0.358. The molecule has 0 amide bonds. The van der Waals surface area contributed by atoms with Gasteiger partial charge in [-0.1, -0.05) is 19.1 Å². The fourth-order valence-corrected chi connectivity index (χ4v) is 1.79. The Labute approximate surface area is 95.0 Å². The summed E-state index contributed by atoms with van der Waals surface area (Å²) >= 11 is 1.62. The third-order valence-corrected chi connectivity index (χ3v) is 2.95. The Bertz CT molecular complexity index is 336. The van der Waals surface area contributed by atoms with Crippen LogP contribution in [0.15, 0.2) is 29.2 Å². The van der Waals surface area contributed by atoms with Gasteiger partial charge in [0.2, 0.25) is 0 Å². The van der Waals surface area contributed by atoms with E-state index in [-0.39, 0.29) is 11.9 Å². The lowest BCUT2D eigenvalue weighted by Gasteiger charge is -2.14. The van der Waals surface area contributed by atoms with Gasteiger partial charge in [0, 0.05) is 11.3 Å². The fraction of sp³-hybridized carbons (Fsp3) is 0.417. The molecule has 1 aromatic rings. The van der Waals surface area contributed by atoms with Crippen molar-refractivity contribution < 1.29 is 9.53 Å². The van der Waals surface area contributed by atoms with Crippen molar-refractivity contribution in [2.75, 3.05) is 6.26 Å². The third-order valence-electron chi connectivity index (χ3n) is 2.17. The normalized spacial score (nSPS) is 12.2. The smallest absolute Gasteiger partial charge is 0.172 e. The summed E-state index contributed by atoms with van der Waals surface area (Å²) in [5.74, 6) is 0.921. The molecule has 82 valence electrons. The number of carbonyl (C=O) groups is 1. The molecule has 0 aliphatic heterocycles. The van der Waals surface area contributed by atoms with Crippen LogP contribution in [0.5, 0.6) is 5.75 Å². The molecule has 1 aromatic carbocycles. The van der Waals surface area contributed by atoms with E-state index in [2.05, 4.69) is 0 Å². The monoisotopic (exact) mass is 224 g/mol. The van der Waals surface area contributed by atoms with Crippen molar-refractivity contribution in [2.45, 2.75) is 31.3 Å². The largest absolute Gasteiger partial charge is 0.482 e. The molecule has 3 heteroatoms. The van der Waals surface area contributed by atoms with Crippen molar-refractivity contribution >= 4 is 17.5 Å². The SMILES string of the molecule is CCC(=O)C(C)Oc1ccccc1SC. The number of hydrogen-bond donors (Lipinski definition) is 0. The molecule has 0 aliphatic carbocycles. The molecular formula is C12H16O2S. The first kappa shape index (κ1) is 12.1. The van der Waals surface area contributed by atoms with E-state index in [9.17, 15) is 4.79 Å². The maximum atomic E-state index is 11.4. The van der Waals surface area contributed by atoms with Crippen LogP contribution in [0.2, 0.25) is 0 Å². The first-order chi connectivity index (χ1) is 7.19. The fourth-order valence-electron chi connectivity index (χ4n) is 1.26. The highest BCUT2D eigenvalue weighted by Gasteiger charge is 2.13. The minimum Gasteiger partial charge on any atom is -0.482 e. The van der Waals surface area contributed by atoms with E-state index >= 15 is 0 Å². The standard InChI is InChI=1S/C12H16O2S/c1-4-10(13)9(2)14-11-7-5-6-8-12(11)15-3/h5-9H,4H2,1-3H3. The predicted octanol–water partition coefficient (Wildman–Crippen LogP) is 3.15. The number of benzene rings is 1. The van der Waals surface area contributed by atoms with Gasteiger partial charge in [0.05, 0.1) is 0 Å². The zero-order chi connectivity index (χ0) is 11.3. The molecule has 0 aliphatic rings. The molecule has 0 saturated carbocycles. The van der Waals surface area contributed by atoms with Crippen LogP contribution in [-0.2, 0) is 4.79 Å². The van der Waals surface area contributed by atoms with Crippen LogP contribution in [0, 0.1) is 0 Å². The minimum absolute atomic E-state index is 0.130. The third kappa shape index (κ3) is 3.27. The van der Waals surface area contributed by atoms with Crippen LogP contribution in [0.4, 0.5) is 0 Å². The number of thioether (sulfide) groups is 1. The van der Waals surface area contributed by atoms with E-state index in [4.69, 9.17) is 4.74 Å². The highest BCUT2D eigenvalue weighted by atomic mass is 32.2. The van der Waals surface area contributed by atoms with Gasteiger partial charge in [-0.05, 0) is 25.3 Å². The molecule has 0 aromatic heterocycles. The van der Waals surface area contributed by atoms with E-state index in [1.165, 1.54) is 0 Å². The first-order valence-corrected chi connectivity index (χ1v) is 6.24. The van der Waals surface area contributed by atoms with Crippen molar-refractivity contribution in [3.63, 3.8) is 0 Å². The Hall–Kier alpha value is -0.960. The molecule has 2 nitrogen and oxygen atoms in total. The molecule has 1 atom stereocenters.